The standard InChI is InChI=1S/C16H18ClN3O/c1-2-16(21)20-15-8-7-14(11-19-15)18-10-9-12-3-5-13(17)6-4-12/h3-8,11,18H,2,9-10H2,1H3,(H,19,20,21). The third kappa shape index (κ3) is 5.08. The molecule has 0 fully saturated rings. The maximum atomic E-state index is 11.2. The van der Waals surface area contributed by atoms with Gasteiger partial charge in [0.25, 0.3) is 0 Å². The maximum Gasteiger partial charge on any atom is 0.225 e. The number of benzene rings is 1. The molecule has 21 heavy (non-hydrogen) atoms. The van der Waals surface area contributed by atoms with Gasteiger partial charge in [0, 0.05) is 18.0 Å². The minimum Gasteiger partial charge on any atom is -0.383 e. The molecule has 0 spiro atoms. The Balaban J connectivity index is 1.80. The molecule has 0 radical (unpaired) electrons. The van der Waals surface area contributed by atoms with E-state index in [4.69, 9.17) is 11.6 Å². The van der Waals surface area contributed by atoms with Crippen molar-refractivity contribution >= 4 is 29.0 Å². The first-order valence-corrected chi connectivity index (χ1v) is 7.29. The van der Waals surface area contributed by atoms with Crippen molar-refractivity contribution in [3.8, 4) is 0 Å². The normalized spacial score (nSPS) is 10.2. The molecule has 1 aromatic carbocycles. The highest BCUT2D eigenvalue weighted by atomic mass is 35.5. The Labute approximate surface area is 129 Å². The van der Waals surface area contributed by atoms with E-state index < -0.39 is 0 Å². The molecule has 2 N–H and O–H groups in total. The van der Waals surface area contributed by atoms with Gasteiger partial charge in [0.1, 0.15) is 5.82 Å². The molecule has 0 saturated heterocycles. The second-order valence-corrected chi connectivity index (χ2v) is 5.07. The molecule has 110 valence electrons. The van der Waals surface area contributed by atoms with Crippen LogP contribution in [0.1, 0.15) is 18.9 Å². The first-order valence-electron chi connectivity index (χ1n) is 6.91. The molecule has 1 heterocycles. The fourth-order valence-electron chi connectivity index (χ4n) is 1.81. The number of hydrogen-bond acceptors (Lipinski definition) is 3. The molecule has 0 unspecified atom stereocenters. The van der Waals surface area contributed by atoms with Crippen molar-refractivity contribution in [3.05, 3.63) is 53.2 Å². The van der Waals surface area contributed by atoms with E-state index in [1.165, 1.54) is 5.56 Å². The summed E-state index contributed by atoms with van der Waals surface area (Å²) in [5, 5.41) is 6.76. The fourth-order valence-corrected chi connectivity index (χ4v) is 1.93. The lowest BCUT2D eigenvalue weighted by molar-refractivity contribution is -0.115. The number of hydrogen-bond donors (Lipinski definition) is 2. The number of carbonyl (C=O) groups is 1. The van der Waals surface area contributed by atoms with Crippen molar-refractivity contribution in [1.82, 2.24) is 4.98 Å². The molecular weight excluding hydrogens is 286 g/mol. The molecule has 2 aromatic rings. The highest BCUT2D eigenvalue weighted by molar-refractivity contribution is 6.30. The Morgan fingerprint density at radius 1 is 1.19 bits per heavy atom. The summed E-state index contributed by atoms with van der Waals surface area (Å²) in [6, 6.07) is 11.5. The molecule has 0 aliphatic heterocycles. The number of aromatic nitrogens is 1. The van der Waals surface area contributed by atoms with Crippen LogP contribution in [0, 0.1) is 0 Å². The molecule has 4 nitrogen and oxygen atoms in total. The van der Waals surface area contributed by atoms with Crippen molar-refractivity contribution < 1.29 is 4.79 Å². The van der Waals surface area contributed by atoms with Gasteiger partial charge < -0.3 is 10.6 Å². The summed E-state index contributed by atoms with van der Waals surface area (Å²) in [5.74, 6) is 0.538. The summed E-state index contributed by atoms with van der Waals surface area (Å²) < 4.78 is 0. The molecule has 5 heteroatoms. The van der Waals surface area contributed by atoms with E-state index in [1.807, 2.05) is 37.3 Å². The van der Waals surface area contributed by atoms with Crippen molar-refractivity contribution in [2.75, 3.05) is 17.2 Å². The van der Waals surface area contributed by atoms with Crippen LogP contribution >= 0.6 is 11.6 Å². The third-order valence-electron chi connectivity index (χ3n) is 3.01. The summed E-state index contributed by atoms with van der Waals surface area (Å²) in [5.41, 5.74) is 2.16. The Morgan fingerprint density at radius 3 is 2.57 bits per heavy atom. The van der Waals surface area contributed by atoms with Crippen LogP contribution in [-0.2, 0) is 11.2 Å². The summed E-state index contributed by atoms with van der Waals surface area (Å²) in [6.07, 6.45) is 3.07. The van der Waals surface area contributed by atoms with Gasteiger partial charge >= 0.3 is 0 Å². The largest absolute Gasteiger partial charge is 0.383 e. The van der Waals surface area contributed by atoms with Gasteiger partial charge in [-0.2, -0.15) is 0 Å². The number of nitrogens with one attached hydrogen (secondary N) is 2. The zero-order valence-electron chi connectivity index (χ0n) is 11.9. The second-order valence-electron chi connectivity index (χ2n) is 4.64. The lowest BCUT2D eigenvalue weighted by atomic mass is 10.1. The fraction of sp³-hybridized carbons (Fsp3) is 0.250. The van der Waals surface area contributed by atoms with Gasteiger partial charge in [0.05, 0.1) is 11.9 Å². The Hall–Kier alpha value is -2.07. The van der Waals surface area contributed by atoms with Gasteiger partial charge in [-0.25, -0.2) is 4.98 Å². The van der Waals surface area contributed by atoms with E-state index in [-0.39, 0.29) is 5.91 Å². The van der Waals surface area contributed by atoms with Crippen LogP contribution in [-0.4, -0.2) is 17.4 Å². The predicted molar refractivity (Wildman–Crippen MR) is 86.8 cm³/mol. The number of amides is 1. The van der Waals surface area contributed by atoms with Crippen LogP contribution in [0.5, 0.6) is 0 Å². The lowest BCUT2D eigenvalue weighted by Crippen LogP contribution is -2.11. The van der Waals surface area contributed by atoms with Crippen molar-refractivity contribution in [1.29, 1.82) is 0 Å². The van der Waals surface area contributed by atoms with Gasteiger partial charge in [-0.3, -0.25) is 4.79 Å². The van der Waals surface area contributed by atoms with Crippen LogP contribution in [0.15, 0.2) is 42.6 Å². The van der Waals surface area contributed by atoms with Gasteiger partial charge in [0.15, 0.2) is 0 Å². The van der Waals surface area contributed by atoms with Crippen LogP contribution in [0.2, 0.25) is 5.02 Å². The summed E-state index contributed by atoms with van der Waals surface area (Å²) in [7, 11) is 0. The Bertz CT molecular complexity index is 581. The highest BCUT2D eigenvalue weighted by Gasteiger charge is 2.00. The molecule has 0 atom stereocenters. The molecule has 0 bridgehead atoms. The monoisotopic (exact) mass is 303 g/mol. The van der Waals surface area contributed by atoms with Crippen molar-refractivity contribution in [2.45, 2.75) is 19.8 Å². The van der Waals surface area contributed by atoms with Crippen molar-refractivity contribution in [3.63, 3.8) is 0 Å². The van der Waals surface area contributed by atoms with Gasteiger partial charge in [0.2, 0.25) is 5.91 Å². The molecule has 0 aliphatic rings. The van der Waals surface area contributed by atoms with Crippen LogP contribution < -0.4 is 10.6 Å². The molecule has 0 aliphatic carbocycles. The summed E-state index contributed by atoms with van der Waals surface area (Å²) in [4.78, 5) is 15.4. The van der Waals surface area contributed by atoms with Crippen LogP contribution in [0.3, 0.4) is 0 Å². The van der Waals surface area contributed by atoms with Gasteiger partial charge in [-0.1, -0.05) is 30.7 Å². The van der Waals surface area contributed by atoms with E-state index in [2.05, 4.69) is 15.6 Å². The predicted octanol–water partition coefficient (Wildman–Crippen LogP) is 3.74. The lowest BCUT2D eigenvalue weighted by Gasteiger charge is -2.07. The number of halogens is 1. The molecule has 2 rings (SSSR count). The molecule has 1 amide bonds. The number of pyridine rings is 1. The highest BCUT2D eigenvalue weighted by Crippen LogP contribution is 2.12. The smallest absolute Gasteiger partial charge is 0.225 e. The minimum absolute atomic E-state index is 0.0362. The average molecular weight is 304 g/mol. The summed E-state index contributed by atoms with van der Waals surface area (Å²) in [6.45, 7) is 2.62. The van der Waals surface area contributed by atoms with Gasteiger partial charge in [-0.05, 0) is 36.2 Å². The number of anilines is 2. The average Bonchev–Trinajstić information content (AvgIpc) is 2.51. The van der Waals surface area contributed by atoms with Crippen LogP contribution in [0.25, 0.3) is 0 Å². The number of rotatable bonds is 6. The Morgan fingerprint density at radius 2 is 1.95 bits per heavy atom. The third-order valence-corrected chi connectivity index (χ3v) is 3.26. The van der Waals surface area contributed by atoms with E-state index in [0.29, 0.717) is 12.2 Å². The topological polar surface area (TPSA) is 54.0 Å². The molecular formula is C16H18ClN3O. The maximum absolute atomic E-state index is 11.2. The van der Waals surface area contributed by atoms with Gasteiger partial charge in [-0.15, -0.1) is 0 Å². The first kappa shape index (κ1) is 15.3. The number of carbonyl (C=O) groups excluding carboxylic acids is 1. The van der Waals surface area contributed by atoms with Crippen LogP contribution in [0.4, 0.5) is 11.5 Å². The Kier molecular flexibility index (Phi) is 5.58. The van der Waals surface area contributed by atoms with E-state index in [0.717, 1.165) is 23.7 Å². The van der Waals surface area contributed by atoms with E-state index >= 15 is 0 Å². The zero-order valence-corrected chi connectivity index (χ0v) is 12.7. The van der Waals surface area contributed by atoms with Crippen molar-refractivity contribution in [2.24, 2.45) is 0 Å². The number of nitrogens with zero attached hydrogens (tertiary/aromatic N) is 1. The quantitative estimate of drug-likeness (QED) is 0.855. The molecule has 0 saturated carbocycles. The SMILES string of the molecule is CCC(=O)Nc1ccc(NCCc2ccc(Cl)cc2)cn1. The second kappa shape index (κ2) is 7.64. The minimum atomic E-state index is -0.0362. The summed E-state index contributed by atoms with van der Waals surface area (Å²) >= 11 is 5.85. The zero-order chi connectivity index (χ0) is 15.1. The van der Waals surface area contributed by atoms with E-state index in [1.54, 1.807) is 12.3 Å². The van der Waals surface area contributed by atoms with E-state index in [9.17, 15) is 4.79 Å². The first-order chi connectivity index (χ1) is 10.2. The molecule has 1 aromatic heterocycles.